The van der Waals surface area contributed by atoms with E-state index in [-0.39, 0.29) is 28.2 Å². The van der Waals surface area contributed by atoms with E-state index in [1.807, 2.05) is 13.0 Å². The second kappa shape index (κ2) is 9.71. The number of amides is 3. The van der Waals surface area contributed by atoms with E-state index in [1.165, 1.54) is 4.90 Å². The Kier molecular flexibility index (Phi) is 7.04. The zero-order valence-electron chi connectivity index (χ0n) is 17.0. The van der Waals surface area contributed by atoms with Crippen LogP contribution in [0.1, 0.15) is 65.6 Å². The number of carbonyl (C=O) groups excluding carboxylic acids is 3. The van der Waals surface area contributed by atoms with Gasteiger partial charge in [0.1, 0.15) is 10.9 Å². The summed E-state index contributed by atoms with van der Waals surface area (Å²) in [4.78, 5) is 39.9. The first-order chi connectivity index (χ1) is 14.4. The summed E-state index contributed by atoms with van der Waals surface area (Å²) >= 11 is 0.817. The monoisotopic (exact) mass is 429 g/mol. The highest BCUT2D eigenvalue weighted by molar-refractivity contribution is 7.09. The number of hydrogen-bond donors (Lipinski definition) is 3. The molecule has 5 N–H and O–H groups in total. The predicted molar refractivity (Wildman–Crippen MR) is 117 cm³/mol. The Morgan fingerprint density at radius 3 is 2.47 bits per heavy atom. The van der Waals surface area contributed by atoms with Crippen molar-refractivity contribution in [2.75, 3.05) is 10.6 Å². The lowest BCUT2D eigenvalue weighted by Gasteiger charge is -2.31. The van der Waals surface area contributed by atoms with Crippen LogP contribution in [0.25, 0.3) is 0 Å². The molecule has 1 heterocycles. The molecule has 1 aromatic carbocycles. The summed E-state index contributed by atoms with van der Waals surface area (Å²) in [6.45, 7) is 1.97. The van der Waals surface area contributed by atoms with Crippen LogP contribution in [-0.2, 0) is 4.79 Å². The Balaban J connectivity index is 1.99. The van der Waals surface area contributed by atoms with Gasteiger partial charge >= 0.3 is 0 Å². The minimum Gasteiger partial charge on any atom is -0.395 e. The molecule has 1 atom stereocenters. The first kappa shape index (κ1) is 21.8. The average Bonchev–Trinajstić information content (AvgIpc) is 3.37. The number of aromatic nitrogens is 1. The molecule has 1 aliphatic carbocycles. The molecule has 0 unspecified atom stereocenters. The molecule has 1 fully saturated rings. The molecule has 3 rings (SSSR count). The number of nitrogens with zero attached hydrogens (tertiary/aromatic N) is 2. The molecule has 30 heavy (non-hydrogen) atoms. The molecule has 3 amide bonds. The summed E-state index contributed by atoms with van der Waals surface area (Å²) in [5, 5.41) is 3.11. The second-order valence-corrected chi connectivity index (χ2v) is 8.22. The standard InChI is InChI=1S/C21H27N5O3S/c1-2-8-15(20(28)24-13-9-6-7-10-13)26(14-11-4-3-5-12-14)21(29)18-16(22)17(19(23)27)25-30-18/h3-5,11-13,15H,2,6-10,22H2,1H3,(H2,23,27)(H,24,28)/t15-/m0/s1. The fourth-order valence-electron chi connectivity index (χ4n) is 3.78. The number of nitrogen functional groups attached to an aromatic ring is 1. The zero-order chi connectivity index (χ0) is 21.7. The van der Waals surface area contributed by atoms with Gasteiger partial charge in [0.05, 0.1) is 5.69 Å². The van der Waals surface area contributed by atoms with Crippen LogP contribution < -0.4 is 21.7 Å². The third kappa shape index (κ3) is 4.62. The van der Waals surface area contributed by atoms with Gasteiger partial charge in [-0.25, -0.2) is 0 Å². The molecule has 1 aliphatic rings. The average molecular weight is 430 g/mol. The van der Waals surface area contributed by atoms with Crippen LogP contribution >= 0.6 is 11.5 Å². The Labute approximate surface area is 179 Å². The van der Waals surface area contributed by atoms with Gasteiger partial charge in [0, 0.05) is 11.7 Å². The van der Waals surface area contributed by atoms with E-state index in [0.29, 0.717) is 18.5 Å². The van der Waals surface area contributed by atoms with Crippen molar-refractivity contribution in [3.8, 4) is 0 Å². The van der Waals surface area contributed by atoms with Crippen LogP contribution in [0.15, 0.2) is 30.3 Å². The minimum atomic E-state index is -0.793. The van der Waals surface area contributed by atoms with Crippen LogP contribution in [0.3, 0.4) is 0 Å². The van der Waals surface area contributed by atoms with Gasteiger partial charge in [-0.1, -0.05) is 44.4 Å². The van der Waals surface area contributed by atoms with Gasteiger partial charge in [0.15, 0.2) is 5.69 Å². The van der Waals surface area contributed by atoms with Crippen molar-refractivity contribution in [3.05, 3.63) is 40.9 Å². The molecule has 2 aromatic rings. The van der Waals surface area contributed by atoms with Crippen LogP contribution in [0.2, 0.25) is 0 Å². The lowest BCUT2D eigenvalue weighted by molar-refractivity contribution is -0.123. The van der Waals surface area contributed by atoms with E-state index >= 15 is 0 Å². The topological polar surface area (TPSA) is 131 Å². The van der Waals surface area contributed by atoms with Gasteiger partial charge in [-0.2, -0.15) is 4.37 Å². The highest BCUT2D eigenvalue weighted by Crippen LogP contribution is 2.29. The van der Waals surface area contributed by atoms with E-state index in [2.05, 4.69) is 9.69 Å². The molecule has 8 nitrogen and oxygen atoms in total. The third-order valence-corrected chi connectivity index (χ3v) is 6.14. The van der Waals surface area contributed by atoms with Gasteiger partial charge in [0.25, 0.3) is 11.8 Å². The fourth-order valence-corrected chi connectivity index (χ4v) is 4.53. The molecule has 1 aromatic heterocycles. The lowest BCUT2D eigenvalue weighted by Crippen LogP contribution is -2.51. The van der Waals surface area contributed by atoms with Gasteiger partial charge in [-0.15, -0.1) is 0 Å². The van der Waals surface area contributed by atoms with E-state index in [9.17, 15) is 14.4 Å². The Morgan fingerprint density at radius 1 is 1.23 bits per heavy atom. The molecule has 0 radical (unpaired) electrons. The quantitative estimate of drug-likeness (QED) is 0.594. The first-order valence-electron chi connectivity index (χ1n) is 10.2. The fraction of sp³-hybridized carbons (Fsp3) is 0.429. The number of carbonyl (C=O) groups is 3. The van der Waals surface area contributed by atoms with E-state index < -0.39 is 17.9 Å². The largest absolute Gasteiger partial charge is 0.395 e. The summed E-state index contributed by atoms with van der Waals surface area (Å²) in [6, 6.07) is 8.43. The maximum absolute atomic E-state index is 13.5. The Bertz CT molecular complexity index is 909. The Morgan fingerprint density at radius 2 is 1.90 bits per heavy atom. The lowest BCUT2D eigenvalue weighted by atomic mass is 10.1. The van der Waals surface area contributed by atoms with E-state index in [1.54, 1.807) is 24.3 Å². The molecule has 0 bridgehead atoms. The number of rotatable bonds is 8. The van der Waals surface area contributed by atoms with Gasteiger partial charge in [-0.3, -0.25) is 19.3 Å². The molecular formula is C21H27N5O3S. The zero-order valence-corrected chi connectivity index (χ0v) is 17.8. The molecule has 0 aliphatic heterocycles. The maximum Gasteiger partial charge on any atom is 0.272 e. The number of hydrogen-bond acceptors (Lipinski definition) is 6. The predicted octanol–water partition coefficient (Wildman–Crippen LogP) is 2.70. The number of nitrogens with two attached hydrogens (primary N) is 2. The molecule has 0 spiro atoms. The summed E-state index contributed by atoms with van der Waals surface area (Å²) in [5.74, 6) is -1.44. The molecule has 1 saturated carbocycles. The van der Waals surface area contributed by atoms with Crippen molar-refractivity contribution in [3.63, 3.8) is 0 Å². The summed E-state index contributed by atoms with van der Waals surface area (Å²) in [7, 11) is 0. The number of benzene rings is 1. The first-order valence-corrected chi connectivity index (χ1v) is 10.9. The highest BCUT2D eigenvalue weighted by Gasteiger charge is 2.35. The highest BCUT2D eigenvalue weighted by atomic mass is 32.1. The SMILES string of the molecule is CCC[C@@H](C(=O)NC1CCCC1)N(C(=O)c1snc(C(N)=O)c1N)c1ccccc1. The molecule has 9 heteroatoms. The number of nitrogens with one attached hydrogen (secondary N) is 1. The van der Waals surface area contributed by atoms with Crippen LogP contribution in [0, 0.1) is 0 Å². The second-order valence-electron chi connectivity index (χ2n) is 7.44. The summed E-state index contributed by atoms with van der Waals surface area (Å²) in [6.07, 6.45) is 5.29. The maximum atomic E-state index is 13.5. The molecule has 0 saturated heterocycles. The van der Waals surface area contributed by atoms with Crippen molar-refractivity contribution < 1.29 is 14.4 Å². The van der Waals surface area contributed by atoms with E-state index in [4.69, 9.17) is 11.5 Å². The molecular weight excluding hydrogens is 402 g/mol. The van der Waals surface area contributed by atoms with Gasteiger partial charge in [0.2, 0.25) is 5.91 Å². The third-order valence-electron chi connectivity index (χ3n) is 5.29. The minimum absolute atomic E-state index is 0.0510. The van der Waals surface area contributed by atoms with Crippen molar-refractivity contribution >= 4 is 40.6 Å². The normalized spacial score (nSPS) is 15.0. The van der Waals surface area contributed by atoms with Crippen molar-refractivity contribution in [2.24, 2.45) is 5.73 Å². The number of anilines is 2. The van der Waals surface area contributed by atoms with Gasteiger partial charge < -0.3 is 16.8 Å². The van der Waals surface area contributed by atoms with Crippen molar-refractivity contribution in [2.45, 2.75) is 57.5 Å². The summed E-state index contributed by atoms with van der Waals surface area (Å²) < 4.78 is 3.94. The van der Waals surface area contributed by atoms with Gasteiger partial charge in [-0.05, 0) is 42.9 Å². The van der Waals surface area contributed by atoms with Crippen LogP contribution in [-0.4, -0.2) is 34.2 Å². The van der Waals surface area contributed by atoms with Crippen LogP contribution in [0.4, 0.5) is 11.4 Å². The van der Waals surface area contributed by atoms with Crippen molar-refractivity contribution in [1.29, 1.82) is 0 Å². The summed E-state index contributed by atoms with van der Waals surface area (Å²) in [5.41, 5.74) is 11.7. The van der Waals surface area contributed by atoms with Crippen LogP contribution in [0.5, 0.6) is 0 Å². The number of para-hydroxylation sites is 1. The molecule has 160 valence electrons. The number of primary amides is 1. The van der Waals surface area contributed by atoms with Crippen molar-refractivity contribution in [1.82, 2.24) is 9.69 Å². The smallest absolute Gasteiger partial charge is 0.272 e. The van der Waals surface area contributed by atoms with E-state index in [0.717, 1.165) is 37.2 Å². The Hall–Kier alpha value is -2.94.